The topological polar surface area (TPSA) is 46.3 Å². The highest BCUT2D eigenvalue weighted by Gasteiger charge is 2.37. The van der Waals surface area contributed by atoms with Crippen LogP contribution in [0.5, 0.6) is 0 Å². The minimum atomic E-state index is -4.23. The van der Waals surface area contributed by atoms with Gasteiger partial charge in [-0.1, -0.05) is 0 Å². The first-order valence-corrected chi connectivity index (χ1v) is 4.44. The summed E-state index contributed by atoms with van der Waals surface area (Å²) in [6.45, 7) is 1.72. The van der Waals surface area contributed by atoms with Gasteiger partial charge < -0.3 is 10.6 Å². The maximum absolute atomic E-state index is 12.0. The van der Waals surface area contributed by atoms with E-state index in [-0.39, 0.29) is 5.91 Å². The predicted octanol–water partition coefficient (Wildman–Crippen LogP) is 0.887. The van der Waals surface area contributed by atoms with Crippen molar-refractivity contribution < 1.29 is 18.0 Å². The number of amides is 1. The number of halogens is 3. The fourth-order valence-electron chi connectivity index (χ4n) is 1.61. The van der Waals surface area contributed by atoms with Crippen molar-refractivity contribution in [1.82, 2.24) is 4.90 Å². The Hall–Kier alpha value is -0.780. The Bertz CT molecular complexity index is 229. The van der Waals surface area contributed by atoms with E-state index < -0.39 is 24.7 Å². The number of carbonyl (C=O) groups is 1. The molecular weight excluding hydrogens is 197 g/mol. The highest BCUT2D eigenvalue weighted by molar-refractivity contribution is 5.83. The summed E-state index contributed by atoms with van der Waals surface area (Å²) in [4.78, 5) is 12.5. The maximum Gasteiger partial charge on any atom is 0.391 e. The zero-order chi connectivity index (χ0) is 10.9. The van der Waals surface area contributed by atoms with Gasteiger partial charge in [0.25, 0.3) is 0 Å². The number of carbonyl (C=O) groups excluding carboxylic acids is 1. The van der Waals surface area contributed by atoms with Crippen molar-refractivity contribution in [1.29, 1.82) is 0 Å². The van der Waals surface area contributed by atoms with Crippen LogP contribution in [0.25, 0.3) is 0 Å². The molecule has 0 aromatic rings. The molecule has 6 heteroatoms. The van der Waals surface area contributed by atoms with Gasteiger partial charge in [-0.25, -0.2) is 0 Å². The standard InChI is InChI=1S/C8H13F3N2O/c1-5(4-8(9,10)11)13-3-2-6(12)7(13)14/h5-6H,2-4,12H2,1H3. The van der Waals surface area contributed by atoms with E-state index in [2.05, 4.69) is 0 Å². The first kappa shape index (κ1) is 11.3. The van der Waals surface area contributed by atoms with Crippen LogP contribution >= 0.6 is 0 Å². The van der Waals surface area contributed by atoms with Gasteiger partial charge in [0.1, 0.15) is 0 Å². The van der Waals surface area contributed by atoms with Gasteiger partial charge >= 0.3 is 6.18 Å². The quantitative estimate of drug-likeness (QED) is 0.735. The highest BCUT2D eigenvalue weighted by atomic mass is 19.4. The molecule has 1 saturated heterocycles. The van der Waals surface area contributed by atoms with Crippen LogP contribution < -0.4 is 5.73 Å². The van der Waals surface area contributed by atoms with Crippen molar-refractivity contribution in [2.45, 2.75) is 38.0 Å². The molecule has 2 unspecified atom stereocenters. The third-order valence-electron chi connectivity index (χ3n) is 2.34. The van der Waals surface area contributed by atoms with Crippen LogP contribution in [0.1, 0.15) is 19.8 Å². The zero-order valence-electron chi connectivity index (χ0n) is 7.84. The van der Waals surface area contributed by atoms with Crippen LogP contribution in [0, 0.1) is 0 Å². The molecule has 0 radical (unpaired) electrons. The van der Waals surface area contributed by atoms with Gasteiger partial charge in [-0.2, -0.15) is 13.2 Å². The first-order chi connectivity index (χ1) is 6.31. The molecule has 0 spiro atoms. The van der Waals surface area contributed by atoms with Crippen LogP contribution in [0.15, 0.2) is 0 Å². The summed E-state index contributed by atoms with van der Waals surface area (Å²) in [6.07, 6.45) is -4.75. The minimum absolute atomic E-state index is 0.331. The number of hydrogen-bond donors (Lipinski definition) is 1. The van der Waals surface area contributed by atoms with Gasteiger partial charge in [0.2, 0.25) is 5.91 Å². The first-order valence-electron chi connectivity index (χ1n) is 4.44. The Balaban J connectivity index is 2.54. The van der Waals surface area contributed by atoms with Gasteiger partial charge in [-0.05, 0) is 13.3 Å². The number of nitrogens with zero attached hydrogens (tertiary/aromatic N) is 1. The zero-order valence-corrected chi connectivity index (χ0v) is 7.84. The molecule has 3 nitrogen and oxygen atoms in total. The summed E-state index contributed by atoms with van der Waals surface area (Å²) in [5.74, 6) is -0.373. The second kappa shape index (κ2) is 3.76. The molecule has 0 aromatic carbocycles. The van der Waals surface area contributed by atoms with E-state index in [0.29, 0.717) is 13.0 Å². The summed E-state index contributed by atoms with van der Waals surface area (Å²) in [5.41, 5.74) is 5.40. The third kappa shape index (κ3) is 2.60. The lowest BCUT2D eigenvalue weighted by Gasteiger charge is -2.25. The van der Waals surface area contributed by atoms with Crippen LogP contribution in [0.2, 0.25) is 0 Å². The largest absolute Gasteiger partial charge is 0.391 e. The molecule has 0 saturated carbocycles. The Morgan fingerprint density at radius 1 is 1.64 bits per heavy atom. The van der Waals surface area contributed by atoms with Gasteiger partial charge in [0.15, 0.2) is 0 Å². The van der Waals surface area contributed by atoms with E-state index >= 15 is 0 Å². The van der Waals surface area contributed by atoms with E-state index in [0.717, 1.165) is 0 Å². The fraction of sp³-hybridized carbons (Fsp3) is 0.875. The number of alkyl halides is 3. The fourth-order valence-corrected chi connectivity index (χ4v) is 1.61. The number of rotatable bonds is 2. The Morgan fingerprint density at radius 2 is 2.21 bits per heavy atom. The third-order valence-corrected chi connectivity index (χ3v) is 2.34. The van der Waals surface area contributed by atoms with E-state index in [1.165, 1.54) is 11.8 Å². The van der Waals surface area contributed by atoms with Crippen LogP contribution in [-0.2, 0) is 4.79 Å². The summed E-state index contributed by atoms with van der Waals surface area (Å²) < 4.78 is 36.0. The maximum atomic E-state index is 12.0. The molecule has 0 aliphatic carbocycles. The second-order valence-electron chi connectivity index (χ2n) is 3.60. The molecular formula is C8H13F3N2O. The molecule has 1 aliphatic heterocycles. The van der Waals surface area contributed by atoms with Crippen molar-refractivity contribution >= 4 is 5.91 Å². The van der Waals surface area contributed by atoms with Crippen molar-refractivity contribution in [3.63, 3.8) is 0 Å². The molecule has 1 fully saturated rings. The van der Waals surface area contributed by atoms with E-state index in [1.807, 2.05) is 0 Å². The molecule has 1 rings (SSSR count). The van der Waals surface area contributed by atoms with Gasteiger partial charge in [-0.15, -0.1) is 0 Å². The van der Waals surface area contributed by atoms with E-state index in [4.69, 9.17) is 5.73 Å². The smallest absolute Gasteiger partial charge is 0.338 e. The molecule has 0 aromatic heterocycles. The van der Waals surface area contributed by atoms with E-state index in [9.17, 15) is 18.0 Å². The Morgan fingerprint density at radius 3 is 2.57 bits per heavy atom. The van der Waals surface area contributed by atoms with Gasteiger partial charge in [0, 0.05) is 12.6 Å². The number of likely N-dealkylation sites (tertiary alicyclic amines) is 1. The van der Waals surface area contributed by atoms with Crippen LogP contribution in [0.3, 0.4) is 0 Å². The number of hydrogen-bond acceptors (Lipinski definition) is 2. The van der Waals surface area contributed by atoms with Gasteiger partial charge in [-0.3, -0.25) is 4.79 Å². The second-order valence-corrected chi connectivity index (χ2v) is 3.60. The lowest BCUT2D eigenvalue weighted by atomic mass is 10.2. The average Bonchev–Trinajstić information content (AvgIpc) is 2.29. The van der Waals surface area contributed by atoms with Crippen LogP contribution in [-0.4, -0.2) is 35.6 Å². The summed E-state index contributed by atoms with van der Waals surface area (Å²) in [6, 6.07) is -1.43. The summed E-state index contributed by atoms with van der Waals surface area (Å²) in [5, 5.41) is 0. The van der Waals surface area contributed by atoms with Gasteiger partial charge in [0.05, 0.1) is 12.5 Å². The van der Waals surface area contributed by atoms with Crippen molar-refractivity contribution in [3.05, 3.63) is 0 Å². The summed E-state index contributed by atoms with van der Waals surface area (Å²) in [7, 11) is 0. The lowest BCUT2D eigenvalue weighted by Crippen LogP contribution is -2.41. The normalized spacial score (nSPS) is 25.6. The molecule has 1 amide bonds. The Kier molecular flexibility index (Phi) is 3.04. The molecule has 2 N–H and O–H groups in total. The number of nitrogens with two attached hydrogens (primary N) is 1. The molecule has 82 valence electrons. The van der Waals surface area contributed by atoms with E-state index in [1.54, 1.807) is 0 Å². The Labute approximate surface area is 80.0 Å². The molecule has 1 heterocycles. The lowest BCUT2D eigenvalue weighted by molar-refractivity contribution is -0.151. The summed E-state index contributed by atoms with van der Waals surface area (Å²) >= 11 is 0. The van der Waals surface area contributed by atoms with Crippen molar-refractivity contribution in [3.8, 4) is 0 Å². The molecule has 1 aliphatic rings. The molecule has 0 bridgehead atoms. The van der Waals surface area contributed by atoms with Crippen LogP contribution in [0.4, 0.5) is 13.2 Å². The highest BCUT2D eigenvalue weighted by Crippen LogP contribution is 2.25. The molecule has 2 atom stereocenters. The monoisotopic (exact) mass is 210 g/mol. The van der Waals surface area contributed by atoms with Crippen molar-refractivity contribution in [2.24, 2.45) is 5.73 Å². The van der Waals surface area contributed by atoms with Crippen molar-refractivity contribution in [2.75, 3.05) is 6.54 Å². The minimum Gasteiger partial charge on any atom is -0.338 e. The SMILES string of the molecule is CC(CC(F)(F)F)N1CCC(N)C1=O. The molecule has 14 heavy (non-hydrogen) atoms. The average molecular weight is 210 g/mol. The predicted molar refractivity (Wildman–Crippen MR) is 44.4 cm³/mol.